The summed E-state index contributed by atoms with van der Waals surface area (Å²) in [5.74, 6) is -1.71. The quantitative estimate of drug-likeness (QED) is 0.661. The van der Waals surface area contributed by atoms with Crippen molar-refractivity contribution in [1.82, 2.24) is 9.21 Å². The zero-order valence-corrected chi connectivity index (χ0v) is 16.2. The van der Waals surface area contributed by atoms with Crippen molar-refractivity contribution >= 4 is 27.7 Å². The minimum Gasteiger partial charge on any atom is -0.481 e. The number of carboxylic acids is 1. The molecule has 0 saturated carbocycles. The summed E-state index contributed by atoms with van der Waals surface area (Å²) in [7, 11) is -2.26. The minimum absolute atomic E-state index is 0.0881. The number of Topliss-reactive ketones (excluding diaryl/α,β-unsaturated/α-hetero) is 1. The van der Waals surface area contributed by atoms with E-state index in [1.54, 1.807) is 0 Å². The summed E-state index contributed by atoms with van der Waals surface area (Å²) in [5.41, 5.74) is 0.437. The number of carboxylic acid groups (broad SMARTS) is 1. The molecule has 8 nitrogen and oxygen atoms in total. The Labute approximate surface area is 158 Å². The van der Waals surface area contributed by atoms with Crippen LogP contribution in [0.15, 0.2) is 29.2 Å². The number of nitrogens with zero attached hydrogens (tertiary/aromatic N) is 2. The van der Waals surface area contributed by atoms with Crippen molar-refractivity contribution in [3.63, 3.8) is 0 Å². The van der Waals surface area contributed by atoms with Crippen molar-refractivity contribution < 1.29 is 27.9 Å². The molecule has 0 bridgehead atoms. The first-order chi connectivity index (χ1) is 12.6. The van der Waals surface area contributed by atoms with Crippen LogP contribution in [-0.2, 0) is 19.6 Å². The summed E-state index contributed by atoms with van der Waals surface area (Å²) < 4.78 is 26.3. The predicted molar refractivity (Wildman–Crippen MR) is 97.8 cm³/mol. The van der Waals surface area contributed by atoms with Crippen molar-refractivity contribution in [2.75, 3.05) is 26.7 Å². The van der Waals surface area contributed by atoms with Gasteiger partial charge in [0.15, 0.2) is 5.78 Å². The van der Waals surface area contributed by atoms with E-state index in [1.807, 2.05) is 0 Å². The van der Waals surface area contributed by atoms with Crippen molar-refractivity contribution in [2.45, 2.75) is 31.1 Å². The van der Waals surface area contributed by atoms with E-state index in [1.165, 1.54) is 47.4 Å². The minimum atomic E-state index is -3.70. The number of hydrogen-bond donors (Lipinski definition) is 1. The average molecular weight is 396 g/mol. The standard InChI is InChI=1S/C18H24N2O6S/c1-13(21)14-5-7-16(8-6-14)27(25,26)19(2)10-3-4-17(22)20-11-9-15(12-20)18(23)24/h5-8,15H,3-4,9-12H2,1-2H3,(H,23,24). The smallest absolute Gasteiger partial charge is 0.308 e. The zero-order chi connectivity index (χ0) is 20.2. The maximum absolute atomic E-state index is 12.5. The summed E-state index contributed by atoms with van der Waals surface area (Å²) in [6.45, 7) is 2.21. The highest BCUT2D eigenvalue weighted by Gasteiger charge is 2.30. The van der Waals surface area contributed by atoms with Gasteiger partial charge in [-0.3, -0.25) is 14.4 Å². The van der Waals surface area contributed by atoms with Crippen molar-refractivity contribution in [1.29, 1.82) is 0 Å². The van der Waals surface area contributed by atoms with Crippen LogP contribution in [0, 0.1) is 5.92 Å². The number of carbonyl (C=O) groups is 3. The largest absolute Gasteiger partial charge is 0.481 e. The molecule has 1 heterocycles. The number of likely N-dealkylation sites (tertiary alicyclic amines) is 1. The third kappa shape index (κ3) is 5.14. The lowest BCUT2D eigenvalue weighted by atomic mass is 10.1. The highest BCUT2D eigenvalue weighted by molar-refractivity contribution is 7.89. The fraction of sp³-hybridized carbons (Fsp3) is 0.500. The van der Waals surface area contributed by atoms with Crippen LogP contribution in [0.3, 0.4) is 0 Å². The molecule has 148 valence electrons. The first-order valence-corrected chi connectivity index (χ1v) is 10.1. The molecule has 1 fully saturated rings. The molecule has 0 aromatic heterocycles. The SMILES string of the molecule is CC(=O)c1ccc(S(=O)(=O)N(C)CCCC(=O)N2CCC(C(=O)O)C2)cc1. The summed E-state index contributed by atoms with van der Waals surface area (Å²) in [5, 5.41) is 8.98. The number of carbonyl (C=O) groups excluding carboxylic acids is 2. The molecule has 1 aliphatic rings. The van der Waals surface area contributed by atoms with Crippen LogP contribution >= 0.6 is 0 Å². The van der Waals surface area contributed by atoms with Gasteiger partial charge in [0.05, 0.1) is 10.8 Å². The zero-order valence-electron chi connectivity index (χ0n) is 15.4. The summed E-state index contributed by atoms with van der Waals surface area (Å²) >= 11 is 0. The molecular formula is C18H24N2O6S. The summed E-state index contributed by atoms with van der Waals surface area (Å²) in [6, 6.07) is 5.73. The molecule has 1 atom stereocenters. The fourth-order valence-electron chi connectivity index (χ4n) is 2.96. The van der Waals surface area contributed by atoms with Gasteiger partial charge in [-0.05, 0) is 31.9 Å². The molecule has 1 aromatic rings. The van der Waals surface area contributed by atoms with E-state index in [-0.39, 0.29) is 36.1 Å². The Kier molecular flexibility index (Phi) is 6.72. The maximum atomic E-state index is 12.5. The highest BCUT2D eigenvalue weighted by atomic mass is 32.2. The summed E-state index contributed by atoms with van der Waals surface area (Å²) in [6.07, 6.45) is 0.954. The number of amides is 1. The van der Waals surface area contributed by atoms with Gasteiger partial charge >= 0.3 is 5.97 Å². The lowest BCUT2D eigenvalue weighted by Gasteiger charge is -2.19. The predicted octanol–water partition coefficient (Wildman–Crippen LogP) is 1.22. The van der Waals surface area contributed by atoms with Gasteiger partial charge in [-0.1, -0.05) is 12.1 Å². The van der Waals surface area contributed by atoms with Gasteiger partial charge in [0, 0.05) is 38.7 Å². The molecule has 1 aliphatic heterocycles. The molecule has 0 aliphatic carbocycles. The van der Waals surface area contributed by atoms with Crippen LogP contribution in [0.1, 0.15) is 36.5 Å². The van der Waals surface area contributed by atoms with Gasteiger partial charge in [0.1, 0.15) is 0 Å². The van der Waals surface area contributed by atoms with Gasteiger partial charge in [-0.25, -0.2) is 12.7 Å². The first-order valence-electron chi connectivity index (χ1n) is 8.71. The van der Waals surface area contributed by atoms with E-state index >= 15 is 0 Å². The lowest BCUT2D eigenvalue weighted by Crippen LogP contribution is -2.32. The Bertz CT molecular complexity index is 819. The van der Waals surface area contributed by atoms with Crippen LogP contribution < -0.4 is 0 Å². The number of sulfonamides is 1. The Hall–Kier alpha value is -2.26. The average Bonchev–Trinajstić information content (AvgIpc) is 3.12. The summed E-state index contributed by atoms with van der Waals surface area (Å²) in [4.78, 5) is 36.0. The molecular weight excluding hydrogens is 372 g/mol. The molecule has 1 aromatic carbocycles. The molecule has 0 spiro atoms. The third-order valence-corrected chi connectivity index (χ3v) is 6.59. The first kappa shape index (κ1) is 21.0. The molecule has 1 unspecified atom stereocenters. The maximum Gasteiger partial charge on any atom is 0.308 e. The second-order valence-electron chi connectivity index (χ2n) is 6.67. The van der Waals surface area contributed by atoms with Crippen LogP contribution in [0.5, 0.6) is 0 Å². The van der Waals surface area contributed by atoms with Crippen molar-refractivity contribution in [3.05, 3.63) is 29.8 Å². The molecule has 1 saturated heterocycles. The van der Waals surface area contributed by atoms with Crippen molar-refractivity contribution in [3.8, 4) is 0 Å². The Morgan fingerprint density at radius 1 is 1.22 bits per heavy atom. The van der Waals surface area contributed by atoms with Gasteiger partial charge in [0.25, 0.3) is 0 Å². The van der Waals surface area contributed by atoms with E-state index < -0.39 is 21.9 Å². The molecule has 1 amide bonds. The number of benzene rings is 1. The Morgan fingerprint density at radius 2 is 1.85 bits per heavy atom. The van der Waals surface area contributed by atoms with E-state index in [2.05, 4.69) is 0 Å². The van der Waals surface area contributed by atoms with Crippen LogP contribution in [0.4, 0.5) is 0 Å². The molecule has 9 heteroatoms. The number of rotatable bonds is 8. The number of ketones is 1. The van der Waals surface area contributed by atoms with E-state index in [9.17, 15) is 22.8 Å². The second kappa shape index (κ2) is 8.62. The Morgan fingerprint density at radius 3 is 2.37 bits per heavy atom. The van der Waals surface area contributed by atoms with Crippen LogP contribution in [0.25, 0.3) is 0 Å². The third-order valence-electron chi connectivity index (χ3n) is 4.72. The second-order valence-corrected chi connectivity index (χ2v) is 8.72. The van der Waals surface area contributed by atoms with Gasteiger partial charge < -0.3 is 10.0 Å². The molecule has 27 heavy (non-hydrogen) atoms. The molecule has 0 radical (unpaired) electrons. The Balaban J connectivity index is 1.87. The number of aliphatic carboxylic acids is 1. The number of hydrogen-bond acceptors (Lipinski definition) is 5. The van der Waals surface area contributed by atoms with Gasteiger partial charge in [-0.15, -0.1) is 0 Å². The van der Waals surface area contributed by atoms with E-state index in [0.29, 0.717) is 24.9 Å². The van der Waals surface area contributed by atoms with E-state index in [4.69, 9.17) is 5.11 Å². The lowest BCUT2D eigenvalue weighted by molar-refractivity contribution is -0.141. The molecule has 1 N–H and O–H groups in total. The highest BCUT2D eigenvalue weighted by Crippen LogP contribution is 2.19. The monoisotopic (exact) mass is 396 g/mol. The van der Waals surface area contributed by atoms with Crippen LogP contribution in [-0.4, -0.2) is 67.1 Å². The van der Waals surface area contributed by atoms with Crippen molar-refractivity contribution in [2.24, 2.45) is 5.92 Å². The van der Waals surface area contributed by atoms with Crippen LogP contribution in [0.2, 0.25) is 0 Å². The fourth-order valence-corrected chi connectivity index (χ4v) is 4.17. The molecule has 2 rings (SSSR count). The van der Waals surface area contributed by atoms with Gasteiger partial charge in [0.2, 0.25) is 15.9 Å². The normalized spacial score (nSPS) is 17.3. The van der Waals surface area contributed by atoms with Gasteiger partial charge in [-0.2, -0.15) is 0 Å². The van der Waals surface area contributed by atoms with E-state index in [0.717, 1.165) is 0 Å². The topological polar surface area (TPSA) is 112 Å².